The van der Waals surface area contributed by atoms with Crippen molar-refractivity contribution in [1.29, 1.82) is 0 Å². The van der Waals surface area contributed by atoms with Crippen LogP contribution in [0.4, 0.5) is 10.1 Å². The van der Waals surface area contributed by atoms with Crippen molar-refractivity contribution in [3.05, 3.63) is 30.1 Å². The van der Waals surface area contributed by atoms with Crippen molar-refractivity contribution in [2.24, 2.45) is 11.8 Å². The predicted molar refractivity (Wildman–Crippen MR) is 83.6 cm³/mol. The zero-order valence-corrected chi connectivity index (χ0v) is 12.9. The van der Waals surface area contributed by atoms with Crippen LogP contribution in [-0.4, -0.2) is 26.2 Å². The quantitative estimate of drug-likeness (QED) is 0.884. The highest BCUT2D eigenvalue weighted by molar-refractivity contribution is 5.46. The minimum atomic E-state index is -0.163. The molecule has 112 valence electrons. The first-order valence-electron chi connectivity index (χ1n) is 7.81. The monoisotopic (exact) mass is 278 g/mol. The van der Waals surface area contributed by atoms with E-state index in [2.05, 4.69) is 31.1 Å². The number of nitrogens with zero attached hydrogens (tertiary/aromatic N) is 1. The van der Waals surface area contributed by atoms with E-state index in [1.165, 1.54) is 19.3 Å². The summed E-state index contributed by atoms with van der Waals surface area (Å²) in [6.07, 6.45) is 3.87. The summed E-state index contributed by atoms with van der Waals surface area (Å²) in [7, 11) is 2.07. The Bertz CT molecular complexity index is 404. The molecule has 0 spiro atoms. The number of nitrogens with one attached hydrogen (secondary N) is 1. The van der Waals surface area contributed by atoms with Gasteiger partial charge in [-0.15, -0.1) is 0 Å². The molecule has 1 fully saturated rings. The van der Waals surface area contributed by atoms with Crippen molar-refractivity contribution in [1.82, 2.24) is 5.32 Å². The van der Waals surface area contributed by atoms with E-state index < -0.39 is 0 Å². The highest BCUT2D eigenvalue weighted by Crippen LogP contribution is 2.30. The molecule has 2 rings (SSSR count). The number of hydrogen-bond donors (Lipinski definition) is 1. The first-order chi connectivity index (χ1) is 9.63. The van der Waals surface area contributed by atoms with Crippen molar-refractivity contribution in [3.63, 3.8) is 0 Å². The average molecular weight is 278 g/mol. The molecule has 1 aromatic carbocycles. The molecule has 1 aliphatic carbocycles. The lowest BCUT2D eigenvalue weighted by Crippen LogP contribution is -2.44. The van der Waals surface area contributed by atoms with Gasteiger partial charge in [0.2, 0.25) is 0 Å². The van der Waals surface area contributed by atoms with E-state index in [0.29, 0.717) is 12.0 Å². The fourth-order valence-corrected chi connectivity index (χ4v) is 3.43. The van der Waals surface area contributed by atoms with E-state index >= 15 is 0 Å². The topological polar surface area (TPSA) is 15.3 Å². The van der Waals surface area contributed by atoms with Crippen LogP contribution in [0.1, 0.15) is 33.1 Å². The Balaban J connectivity index is 2.06. The maximum absolute atomic E-state index is 13.1. The molecule has 0 radical (unpaired) electrons. The van der Waals surface area contributed by atoms with Crippen molar-refractivity contribution in [3.8, 4) is 0 Å². The lowest BCUT2D eigenvalue weighted by Gasteiger charge is -2.38. The highest BCUT2D eigenvalue weighted by atomic mass is 19.1. The maximum atomic E-state index is 13.1. The van der Waals surface area contributed by atoms with Gasteiger partial charge >= 0.3 is 0 Å². The summed E-state index contributed by atoms with van der Waals surface area (Å²) in [5.41, 5.74) is 1.13. The minimum Gasteiger partial charge on any atom is -0.371 e. The van der Waals surface area contributed by atoms with Crippen LogP contribution >= 0.6 is 0 Å². The molecule has 1 N–H and O–H groups in total. The molecule has 3 unspecified atom stereocenters. The van der Waals surface area contributed by atoms with Crippen molar-refractivity contribution in [2.75, 3.05) is 25.0 Å². The smallest absolute Gasteiger partial charge is 0.123 e. The zero-order valence-electron chi connectivity index (χ0n) is 12.9. The second-order valence-electron chi connectivity index (χ2n) is 6.09. The molecule has 1 aromatic rings. The van der Waals surface area contributed by atoms with Gasteiger partial charge in [-0.2, -0.15) is 0 Å². The highest BCUT2D eigenvalue weighted by Gasteiger charge is 2.28. The average Bonchev–Trinajstić information content (AvgIpc) is 2.46. The Morgan fingerprint density at radius 3 is 2.55 bits per heavy atom. The van der Waals surface area contributed by atoms with E-state index in [-0.39, 0.29) is 5.82 Å². The molecule has 2 nitrogen and oxygen atoms in total. The van der Waals surface area contributed by atoms with Crippen LogP contribution in [0.5, 0.6) is 0 Å². The minimum absolute atomic E-state index is 0.163. The number of benzene rings is 1. The molecule has 0 amide bonds. The molecule has 0 aromatic heterocycles. The standard InChI is InChI=1S/C17H27FN2/c1-4-20(16-8-6-15(18)7-9-16)12-14-11-13(2)5-10-17(14)19-3/h6-9,13-14,17,19H,4-5,10-12H2,1-3H3. The molecule has 0 bridgehead atoms. The number of hydrogen-bond acceptors (Lipinski definition) is 2. The van der Waals surface area contributed by atoms with Gasteiger partial charge in [0.15, 0.2) is 0 Å². The molecule has 1 saturated carbocycles. The maximum Gasteiger partial charge on any atom is 0.123 e. The molecule has 1 aliphatic rings. The van der Waals surface area contributed by atoms with Gasteiger partial charge in [0.05, 0.1) is 0 Å². The van der Waals surface area contributed by atoms with Crippen molar-refractivity contribution >= 4 is 5.69 Å². The molecular formula is C17H27FN2. The SMILES string of the molecule is CCN(CC1CC(C)CCC1NC)c1ccc(F)cc1. The molecule has 3 atom stereocenters. The third-order valence-corrected chi connectivity index (χ3v) is 4.64. The molecule has 20 heavy (non-hydrogen) atoms. The van der Waals surface area contributed by atoms with Gasteiger partial charge in [0.1, 0.15) is 5.82 Å². The summed E-state index contributed by atoms with van der Waals surface area (Å²) in [4.78, 5) is 2.37. The Morgan fingerprint density at radius 1 is 1.25 bits per heavy atom. The lowest BCUT2D eigenvalue weighted by molar-refractivity contribution is 0.224. The van der Waals surface area contributed by atoms with Crippen LogP contribution in [-0.2, 0) is 0 Å². The van der Waals surface area contributed by atoms with E-state index in [1.807, 2.05) is 12.1 Å². The van der Waals surface area contributed by atoms with E-state index in [4.69, 9.17) is 0 Å². The van der Waals surface area contributed by atoms with Gasteiger partial charge in [0.25, 0.3) is 0 Å². The van der Waals surface area contributed by atoms with Gasteiger partial charge in [-0.1, -0.05) is 6.92 Å². The third kappa shape index (κ3) is 3.72. The second-order valence-corrected chi connectivity index (χ2v) is 6.09. The summed E-state index contributed by atoms with van der Waals surface area (Å²) >= 11 is 0. The first kappa shape index (κ1) is 15.3. The molecule has 0 saturated heterocycles. The van der Waals surface area contributed by atoms with Gasteiger partial charge in [-0.05, 0) is 69.3 Å². The predicted octanol–water partition coefficient (Wildman–Crippen LogP) is 3.68. The fourth-order valence-electron chi connectivity index (χ4n) is 3.43. The molecule has 0 heterocycles. The Hall–Kier alpha value is -1.09. The fraction of sp³-hybridized carbons (Fsp3) is 0.647. The van der Waals surface area contributed by atoms with Gasteiger partial charge in [-0.25, -0.2) is 4.39 Å². The summed E-state index contributed by atoms with van der Waals surface area (Å²) in [6.45, 7) is 6.54. The summed E-state index contributed by atoms with van der Waals surface area (Å²) in [6, 6.07) is 7.49. The zero-order chi connectivity index (χ0) is 14.5. The molecule has 0 aliphatic heterocycles. The van der Waals surface area contributed by atoms with Crippen LogP contribution in [0.2, 0.25) is 0 Å². The number of anilines is 1. The normalized spacial score (nSPS) is 26.5. The van der Waals surface area contributed by atoms with Crippen LogP contribution in [0, 0.1) is 17.7 Å². The largest absolute Gasteiger partial charge is 0.371 e. The van der Waals surface area contributed by atoms with Gasteiger partial charge in [0, 0.05) is 24.8 Å². The van der Waals surface area contributed by atoms with Gasteiger partial charge < -0.3 is 10.2 Å². The van der Waals surface area contributed by atoms with Crippen molar-refractivity contribution < 1.29 is 4.39 Å². The summed E-state index contributed by atoms with van der Waals surface area (Å²) in [5, 5.41) is 3.48. The van der Waals surface area contributed by atoms with Crippen LogP contribution in [0.25, 0.3) is 0 Å². The van der Waals surface area contributed by atoms with Crippen LogP contribution in [0.3, 0.4) is 0 Å². The van der Waals surface area contributed by atoms with Crippen molar-refractivity contribution in [2.45, 2.75) is 39.2 Å². The lowest BCUT2D eigenvalue weighted by atomic mass is 9.78. The second kappa shape index (κ2) is 7.07. The third-order valence-electron chi connectivity index (χ3n) is 4.64. The summed E-state index contributed by atoms with van der Waals surface area (Å²) in [5.74, 6) is 1.33. The van der Waals surface area contributed by atoms with E-state index in [0.717, 1.165) is 24.7 Å². The van der Waals surface area contributed by atoms with E-state index in [9.17, 15) is 4.39 Å². The number of rotatable bonds is 5. The Kier molecular flexibility index (Phi) is 5.41. The summed E-state index contributed by atoms with van der Waals surface area (Å²) < 4.78 is 13.1. The van der Waals surface area contributed by atoms with E-state index in [1.54, 1.807) is 12.1 Å². The number of halogens is 1. The Morgan fingerprint density at radius 2 is 1.95 bits per heavy atom. The molecule has 3 heteroatoms. The van der Waals surface area contributed by atoms with Crippen LogP contribution < -0.4 is 10.2 Å². The molecular weight excluding hydrogens is 251 g/mol. The first-order valence-corrected chi connectivity index (χ1v) is 7.81. The Labute approximate surface area is 122 Å². The van der Waals surface area contributed by atoms with Crippen LogP contribution in [0.15, 0.2) is 24.3 Å². The van der Waals surface area contributed by atoms with Gasteiger partial charge in [-0.3, -0.25) is 0 Å².